The van der Waals surface area contributed by atoms with Gasteiger partial charge in [0, 0.05) is 136 Å². The van der Waals surface area contributed by atoms with Crippen LogP contribution in [0.1, 0.15) is 223 Å². The molecule has 0 aromatic carbocycles. The van der Waals surface area contributed by atoms with E-state index in [2.05, 4.69) is 57.9 Å². The zero-order valence-electron chi connectivity index (χ0n) is 59.7. The fraction of sp³-hybridized carbons (Fsp3) is 0.855. The van der Waals surface area contributed by atoms with Crippen molar-refractivity contribution in [2.45, 2.75) is 241 Å². The number of nitrogens with two attached hydrogens (primary N) is 1. The number of carbonyl (C=O) groups excluding carboxylic acids is 6. The molecule has 8 N–H and O–H groups in total. The molecule has 0 saturated carbocycles. The number of urea groups is 2. The number of allylic oxidation sites excluding steroid dienone is 4. The summed E-state index contributed by atoms with van der Waals surface area (Å²) in [6.07, 6.45) is 30.2. The topological polar surface area (TPSA) is 247 Å². The van der Waals surface area contributed by atoms with Gasteiger partial charge in [0.1, 0.15) is 11.6 Å². The van der Waals surface area contributed by atoms with Crippen LogP contribution in [0.5, 0.6) is 0 Å². The van der Waals surface area contributed by atoms with E-state index in [9.17, 15) is 28.8 Å². The van der Waals surface area contributed by atoms with Crippen LogP contribution in [0.25, 0.3) is 0 Å². The van der Waals surface area contributed by atoms with Crippen molar-refractivity contribution in [3.8, 4) is 0 Å². The number of rotatable bonds is 55. The van der Waals surface area contributed by atoms with Crippen molar-refractivity contribution in [2.75, 3.05) is 119 Å². The molecular formula is C69H136N10O10Si2. The van der Waals surface area contributed by atoms with Gasteiger partial charge in [0.05, 0.1) is 6.17 Å². The molecule has 0 bridgehead atoms. The summed E-state index contributed by atoms with van der Waals surface area (Å²) >= 11 is 0. The van der Waals surface area contributed by atoms with Gasteiger partial charge in [-0.1, -0.05) is 101 Å². The first-order valence-electron chi connectivity index (χ1n) is 36.2. The van der Waals surface area contributed by atoms with Gasteiger partial charge in [-0.2, -0.15) is 0 Å². The van der Waals surface area contributed by atoms with Crippen molar-refractivity contribution in [2.24, 2.45) is 29.4 Å². The summed E-state index contributed by atoms with van der Waals surface area (Å²) < 4.78 is 23.2. The summed E-state index contributed by atoms with van der Waals surface area (Å²) in [5, 5.41) is 18.4. The number of ketones is 2. The van der Waals surface area contributed by atoms with E-state index in [4.69, 9.17) is 23.4 Å². The van der Waals surface area contributed by atoms with E-state index in [1.54, 1.807) is 25.7 Å². The van der Waals surface area contributed by atoms with E-state index in [0.717, 1.165) is 135 Å². The highest BCUT2D eigenvalue weighted by Crippen LogP contribution is 2.35. The summed E-state index contributed by atoms with van der Waals surface area (Å²) in [5.74, 6) is 2.44. The van der Waals surface area contributed by atoms with Crippen molar-refractivity contribution in [3.63, 3.8) is 0 Å². The lowest BCUT2D eigenvalue weighted by Gasteiger charge is -2.30. The molecule has 5 unspecified atom stereocenters. The minimum atomic E-state index is -2.72. The maximum absolute atomic E-state index is 13.2. The SMILES string of the molecule is CCCCCCC1C=C(CCCCCCCC(=O)N(CCNCCNC)CCNC(=O)NCCC[Si](OCC)(OCC)OCC)CC(C(C)=O)C1.CCO[SiH2]CCCNC(=O)N(CCN(CCNC)C(=O)CCCCCCCC1=CC(C)CC(C(C)=O)C1)C(C)N. The highest BCUT2D eigenvalue weighted by Gasteiger charge is 2.39. The molecule has 0 aliphatic heterocycles. The molecule has 91 heavy (non-hydrogen) atoms. The summed E-state index contributed by atoms with van der Waals surface area (Å²) in [6.45, 7) is 27.1. The van der Waals surface area contributed by atoms with E-state index in [-0.39, 0.29) is 35.7 Å². The lowest BCUT2D eigenvalue weighted by Crippen LogP contribution is -2.52. The van der Waals surface area contributed by atoms with Crippen LogP contribution >= 0.6 is 0 Å². The minimum Gasteiger partial charge on any atom is -0.424 e. The van der Waals surface area contributed by atoms with Gasteiger partial charge in [-0.15, -0.1) is 0 Å². The molecule has 0 aromatic heterocycles. The molecule has 6 amide bonds. The summed E-state index contributed by atoms with van der Waals surface area (Å²) in [6, 6.07) is 1.27. The molecule has 0 heterocycles. The van der Waals surface area contributed by atoms with Crippen LogP contribution in [0, 0.1) is 23.7 Å². The van der Waals surface area contributed by atoms with Crippen molar-refractivity contribution < 1.29 is 46.5 Å². The average molecular weight is 1320 g/mol. The molecule has 0 aromatic rings. The van der Waals surface area contributed by atoms with Gasteiger partial charge in [0.2, 0.25) is 11.8 Å². The average Bonchev–Trinajstić information content (AvgIpc) is 2.89. The molecular weight excluding hydrogens is 1180 g/mol. The van der Waals surface area contributed by atoms with Crippen LogP contribution in [0.2, 0.25) is 12.1 Å². The third-order valence-corrected chi connectivity index (χ3v) is 22.0. The van der Waals surface area contributed by atoms with Crippen LogP contribution in [-0.2, 0) is 36.9 Å². The monoisotopic (exact) mass is 1320 g/mol. The molecule has 22 heteroatoms. The molecule has 0 spiro atoms. The Balaban J connectivity index is 0.000000937. The summed E-state index contributed by atoms with van der Waals surface area (Å²) in [7, 11) is 0.595. The second-order valence-electron chi connectivity index (χ2n) is 25.3. The number of amides is 6. The molecule has 2 aliphatic rings. The lowest BCUT2D eigenvalue weighted by molar-refractivity contribution is -0.132. The zero-order chi connectivity index (χ0) is 67.3. The molecule has 20 nitrogen and oxygen atoms in total. The Labute approximate surface area is 557 Å². The largest absolute Gasteiger partial charge is 0.500 e. The molecule has 530 valence electrons. The number of carbonyl (C=O) groups is 6. The highest BCUT2D eigenvalue weighted by molar-refractivity contribution is 6.60. The molecule has 0 fully saturated rings. The molecule has 5 atom stereocenters. The number of hydrogen-bond donors (Lipinski definition) is 7. The van der Waals surface area contributed by atoms with Gasteiger partial charge in [-0.3, -0.25) is 19.2 Å². The third kappa shape index (κ3) is 42.5. The van der Waals surface area contributed by atoms with Crippen LogP contribution in [-0.4, -0.2) is 194 Å². The van der Waals surface area contributed by atoms with Crippen LogP contribution < -0.4 is 37.6 Å². The van der Waals surface area contributed by atoms with Crippen molar-refractivity contribution >= 4 is 54.0 Å². The quantitative estimate of drug-likeness (QED) is 0.0130. The van der Waals surface area contributed by atoms with Crippen LogP contribution in [0.3, 0.4) is 0 Å². The number of likely N-dealkylation sites (N-methyl/N-ethyl adjacent to an activating group) is 2. The molecule has 2 aliphatic carbocycles. The van der Waals surface area contributed by atoms with Crippen molar-refractivity contribution in [1.29, 1.82) is 0 Å². The smallest absolute Gasteiger partial charge is 0.424 e. The highest BCUT2D eigenvalue weighted by atomic mass is 28.4. The Morgan fingerprint density at radius 1 is 0.582 bits per heavy atom. The normalized spacial score (nSPS) is 17.0. The van der Waals surface area contributed by atoms with Gasteiger partial charge >= 0.3 is 20.9 Å². The fourth-order valence-electron chi connectivity index (χ4n) is 12.2. The Hall–Kier alpha value is -3.59. The molecule has 0 radical (unpaired) electrons. The summed E-state index contributed by atoms with van der Waals surface area (Å²) in [4.78, 5) is 80.8. The number of hydrogen-bond acceptors (Lipinski definition) is 14. The Morgan fingerprint density at radius 2 is 1.11 bits per heavy atom. The standard InChI is InChI=1S/C39H77N5O6Si.C30H59N5O4Si/c1-7-11-12-16-20-35-31-36(33-37(32-35)34(5)45)21-17-14-13-15-18-22-38(46)44(28-26-41-25-24-40-6)29-27-43-39(47)42-23-19-30-51(48-8-2,49-9-3)50-10-4;1-6-39-40-20-12-15-33-30(38)35(26(4)31)19-18-34(17-16-32-5)29(37)14-11-9-7-8-10-13-27-21-24(2)22-28(23-27)25(3)36/h31,35,37,40-41H,7-30,32-33H2,1-6H3,(H2,42,43,47);21,24,26,28,32H,6-20,22-23,31,40H2,1-5H3,(H,33,38). The Kier molecular flexibility index (Phi) is 52.3. The number of Topliss-reactive ketones (excluding diaryl/α,β-unsaturated/α-hetero) is 2. The van der Waals surface area contributed by atoms with Gasteiger partial charge in [-0.25, -0.2) is 9.59 Å². The predicted octanol–water partition coefficient (Wildman–Crippen LogP) is 10.2. The minimum absolute atomic E-state index is 0.137. The lowest BCUT2D eigenvalue weighted by atomic mass is 9.77. The van der Waals surface area contributed by atoms with Gasteiger partial charge in [0.15, 0.2) is 9.76 Å². The van der Waals surface area contributed by atoms with E-state index in [1.807, 2.05) is 51.6 Å². The van der Waals surface area contributed by atoms with Crippen molar-refractivity contribution in [3.05, 3.63) is 23.3 Å². The fourth-order valence-corrected chi connectivity index (χ4v) is 15.7. The summed E-state index contributed by atoms with van der Waals surface area (Å²) in [5.41, 5.74) is 9.04. The Morgan fingerprint density at radius 3 is 1.68 bits per heavy atom. The van der Waals surface area contributed by atoms with E-state index in [0.29, 0.717) is 134 Å². The first-order valence-corrected chi connectivity index (χ1v) is 39.7. The van der Waals surface area contributed by atoms with Crippen LogP contribution in [0.4, 0.5) is 9.59 Å². The number of unbranched alkanes of at least 4 members (excludes halogenated alkanes) is 11. The van der Waals surface area contributed by atoms with E-state index < -0.39 is 24.7 Å². The maximum Gasteiger partial charge on any atom is 0.500 e. The van der Waals surface area contributed by atoms with Crippen LogP contribution in [0.15, 0.2) is 23.3 Å². The number of nitrogens with zero attached hydrogens (tertiary/aromatic N) is 3. The van der Waals surface area contributed by atoms with Gasteiger partial charge < -0.3 is 70.0 Å². The van der Waals surface area contributed by atoms with Gasteiger partial charge in [0.25, 0.3) is 0 Å². The van der Waals surface area contributed by atoms with Gasteiger partial charge in [-0.05, 0) is 164 Å². The Bertz CT molecular complexity index is 1970. The zero-order valence-corrected chi connectivity index (χ0v) is 62.1. The number of nitrogens with one attached hydrogen (secondary N) is 6. The maximum atomic E-state index is 13.2. The second kappa shape index (κ2) is 55.7. The first-order chi connectivity index (χ1) is 43.9. The van der Waals surface area contributed by atoms with E-state index in [1.165, 1.54) is 43.3 Å². The molecule has 0 saturated heterocycles. The van der Waals surface area contributed by atoms with E-state index >= 15 is 0 Å². The van der Waals surface area contributed by atoms with Crippen molar-refractivity contribution in [1.82, 2.24) is 46.6 Å². The predicted molar refractivity (Wildman–Crippen MR) is 378 cm³/mol. The first kappa shape index (κ1) is 85.4. The third-order valence-electron chi connectivity index (χ3n) is 17.3. The molecule has 2 rings (SSSR count). The second-order valence-corrected chi connectivity index (χ2v) is 29.6.